The van der Waals surface area contributed by atoms with E-state index in [-0.39, 0.29) is 29.1 Å². The fourth-order valence-electron chi connectivity index (χ4n) is 3.06. The number of carbonyl (C=O) groups excluding carboxylic acids is 1. The van der Waals surface area contributed by atoms with Gasteiger partial charge in [-0.15, -0.1) is 10.2 Å². The maximum absolute atomic E-state index is 12.2. The second-order valence-corrected chi connectivity index (χ2v) is 9.97. The number of carbonyl (C=O) groups is 1. The second-order valence-electron chi connectivity index (χ2n) is 6.80. The first-order valence-corrected chi connectivity index (χ1v) is 11.6. The number of thioether (sulfide) groups is 1. The Hall–Kier alpha value is -2.38. The number of amides is 1. The average Bonchev–Trinajstić information content (AvgIpc) is 3.17. The lowest BCUT2D eigenvalue weighted by molar-refractivity contribution is -0.113. The Labute approximate surface area is 168 Å². The van der Waals surface area contributed by atoms with Gasteiger partial charge in [0, 0.05) is 19.2 Å². The van der Waals surface area contributed by atoms with Crippen LogP contribution in [0.2, 0.25) is 0 Å². The average molecular weight is 420 g/mol. The van der Waals surface area contributed by atoms with E-state index in [2.05, 4.69) is 21.6 Å². The minimum Gasteiger partial charge on any atom is -0.325 e. The molecule has 2 heterocycles. The van der Waals surface area contributed by atoms with Crippen LogP contribution in [0.4, 0.5) is 5.69 Å². The number of nitrogens with zero attached hydrogens (tertiary/aromatic N) is 4. The van der Waals surface area contributed by atoms with Crippen molar-refractivity contribution < 1.29 is 13.2 Å². The summed E-state index contributed by atoms with van der Waals surface area (Å²) in [5.74, 6) is 1.29. The Morgan fingerprint density at radius 1 is 1.36 bits per heavy atom. The Morgan fingerprint density at radius 3 is 2.75 bits per heavy atom. The van der Waals surface area contributed by atoms with Crippen molar-refractivity contribution in [2.24, 2.45) is 13.0 Å². The van der Waals surface area contributed by atoms with Crippen LogP contribution in [-0.2, 0) is 34.5 Å². The smallest absolute Gasteiger partial charge is 0.234 e. The highest BCUT2D eigenvalue weighted by molar-refractivity contribution is 7.99. The summed E-state index contributed by atoms with van der Waals surface area (Å²) in [4.78, 5) is 12.2. The van der Waals surface area contributed by atoms with E-state index in [1.165, 1.54) is 11.8 Å². The molecule has 28 heavy (non-hydrogen) atoms. The summed E-state index contributed by atoms with van der Waals surface area (Å²) in [5, 5.41) is 20.4. The summed E-state index contributed by atoms with van der Waals surface area (Å²) < 4.78 is 25.0. The van der Waals surface area contributed by atoms with Crippen LogP contribution in [0.15, 0.2) is 29.4 Å². The maximum Gasteiger partial charge on any atom is 0.234 e. The highest BCUT2D eigenvalue weighted by Gasteiger charge is 2.29. The number of nitrogens with one attached hydrogen (secondary N) is 1. The van der Waals surface area contributed by atoms with Gasteiger partial charge in [-0.1, -0.05) is 23.9 Å². The molecule has 0 radical (unpaired) electrons. The van der Waals surface area contributed by atoms with Crippen LogP contribution in [0, 0.1) is 17.2 Å². The molecule has 2 aromatic rings. The number of hydrogen-bond acceptors (Lipinski definition) is 7. The van der Waals surface area contributed by atoms with Crippen molar-refractivity contribution in [2.75, 3.05) is 22.6 Å². The molecule has 10 heteroatoms. The molecule has 1 aromatic heterocycles. The quantitative estimate of drug-likeness (QED) is 0.677. The largest absolute Gasteiger partial charge is 0.325 e. The molecule has 0 spiro atoms. The third-order valence-corrected chi connectivity index (χ3v) is 7.43. The van der Waals surface area contributed by atoms with E-state index in [0.29, 0.717) is 30.1 Å². The minimum atomic E-state index is -2.91. The van der Waals surface area contributed by atoms with Crippen molar-refractivity contribution in [1.29, 1.82) is 5.26 Å². The van der Waals surface area contributed by atoms with Crippen molar-refractivity contribution in [1.82, 2.24) is 14.8 Å². The van der Waals surface area contributed by atoms with E-state index in [9.17, 15) is 13.2 Å². The summed E-state index contributed by atoms with van der Waals surface area (Å²) in [7, 11) is -1.08. The molecule has 3 rings (SSSR count). The van der Waals surface area contributed by atoms with E-state index in [1.807, 2.05) is 23.7 Å². The third kappa shape index (κ3) is 5.33. The highest BCUT2D eigenvalue weighted by atomic mass is 32.2. The van der Waals surface area contributed by atoms with Crippen LogP contribution in [0.5, 0.6) is 0 Å². The number of anilines is 1. The van der Waals surface area contributed by atoms with Gasteiger partial charge in [0.15, 0.2) is 15.0 Å². The molecule has 0 unspecified atom stereocenters. The summed E-state index contributed by atoms with van der Waals surface area (Å²) >= 11 is 1.28. The Bertz CT molecular complexity index is 993. The third-order valence-electron chi connectivity index (χ3n) is 4.58. The molecule has 148 valence electrons. The predicted molar refractivity (Wildman–Crippen MR) is 107 cm³/mol. The van der Waals surface area contributed by atoms with Crippen LogP contribution in [0.1, 0.15) is 17.8 Å². The van der Waals surface area contributed by atoms with Gasteiger partial charge in [0.1, 0.15) is 5.82 Å². The van der Waals surface area contributed by atoms with Crippen molar-refractivity contribution in [3.63, 3.8) is 0 Å². The minimum absolute atomic E-state index is 0.0815. The molecule has 1 amide bonds. The van der Waals surface area contributed by atoms with Crippen molar-refractivity contribution >= 4 is 33.2 Å². The van der Waals surface area contributed by atoms with Crippen LogP contribution in [0.3, 0.4) is 0 Å². The molecule has 0 bridgehead atoms. The van der Waals surface area contributed by atoms with Gasteiger partial charge in [0.05, 0.1) is 29.7 Å². The van der Waals surface area contributed by atoms with E-state index >= 15 is 0 Å². The Morgan fingerprint density at radius 2 is 2.11 bits per heavy atom. The van der Waals surface area contributed by atoms with E-state index in [1.54, 1.807) is 12.1 Å². The molecule has 1 aliphatic heterocycles. The van der Waals surface area contributed by atoms with Gasteiger partial charge in [-0.2, -0.15) is 5.26 Å². The van der Waals surface area contributed by atoms with Crippen molar-refractivity contribution in [3.05, 3.63) is 35.7 Å². The zero-order chi connectivity index (χ0) is 20.1. The number of hydrogen-bond donors (Lipinski definition) is 1. The van der Waals surface area contributed by atoms with E-state index in [4.69, 9.17) is 5.26 Å². The van der Waals surface area contributed by atoms with Gasteiger partial charge < -0.3 is 9.88 Å². The number of benzene rings is 1. The van der Waals surface area contributed by atoms with Gasteiger partial charge in [0.25, 0.3) is 0 Å². The first-order chi connectivity index (χ1) is 13.4. The van der Waals surface area contributed by atoms with E-state index in [0.717, 1.165) is 11.4 Å². The van der Waals surface area contributed by atoms with Crippen molar-refractivity contribution in [2.45, 2.75) is 24.4 Å². The molecule has 0 aliphatic carbocycles. The predicted octanol–water partition coefficient (Wildman–Crippen LogP) is 1.59. The highest BCUT2D eigenvalue weighted by Crippen LogP contribution is 2.24. The number of aromatic nitrogens is 3. The molecule has 1 atom stereocenters. The fourth-order valence-corrected chi connectivity index (χ4v) is 5.66. The van der Waals surface area contributed by atoms with Crippen LogP contribution >= 0.6 is 11.8 Å². The molecule has 1 aliphatic rings. The summed E-state index contributed by atoms with van der Waals surface area (Å²) in [6.07, 6.45) is 1.57. The lowest BCUT2D eigenvalue weighted by Crippen LogP contribution is -2.14. The number of nitriles is 1. The lowest BCUT2D eigenvalue weighted by Gasteiger charge is -2.08. The van der Waals surface area contributed by atoms with Gasteiger partial charge >= 0.3 is 0 Å². The second kappa shape index (κ2) is 8.75. The Balaban J connectivity index is 1.51. The summed E-state index contributed by atoms with van der Waals surface area (Å²) in [5.41, 5.74) is 1.57. The van der Waals surface area contributed by atoms with Gasteiger partial charge in [0.2, 0.25) is 5.91 Å². The number of sulfone groups is 1. The van der Waals surface area contributed by atoms with Crippen LogP contribution in [0.25, 0.3) is 0 Å². The van der Waals surface area contributed by atoms with Crippen LogP contribution in [-0.4, -0.2) is 46.3 Å². The molecule has 1 fully saturated rings. The topological polar surface area (TPSA) is 118 Å². The Kier molecular flexibility index (Phi) is 6.36. The van der Waals surface area contributed by atoms with Gasteiger partial charge in [-0.3, -0.25) is 4.79 Å². The molecular formula is C18H21N5O3S2. The first kappa shape index (κ1) is 20.4. The molecule has 1 N–H and O–H groups in total. The zero-order valence-corrected chi connectivity index (χ0v) is 17.1. The van der Waals surface area contributed by atoms with Gasteiger partial charge in [-0.05, 0) is 30.0 Å². The lowest BCUT2D eigenvalue weighted by atomic mass is 10.1. The summed E-state index contributed by atoms with van der Waals surface area (Å²) in [6.45, 7) is 0. The normalized spacial score (nSPS) is 17.9. The summed E-state index contributed by atoms with van der Waals surface area (Å²) in [6, 6.07) is 9.24. The molecule has 8 nitrogen and oxygen atoms in total. The fraction of sp³-hybridized carbons (Fsp3) is 0.444. The zero-order valence-electron chi connectivity index (χ0n) is 15.5. The number of rotatable bonds is 7. The SMILES string of the molecule is Cn1c(C[C@@H]2CCS(=O)(=O)C2)nnc1SCC(=O)Nc1ccc(CC#N)cc1. The monoisotopic (exact) mass is 419 g/mol. The maximum atomic E-state index is 12.2. The van der Waals surface area contributed by atoms with Gasteiger partial charge in [-0.25, -0.2) is 8.42 Å². The van der Waals surface area contributed by atoms with Crippen molar-refractivity contribution in [3.8, 4) is 6.07 Å². The molecule has 0 saturated carbocycles. The standard InChI is InChI=1S/C18H21N5O3S2/c1-23-16(10-14-7-9-28(25,26)12-14)21-22-18(23)27-11-17(24)20-15-4-2-13(3-5-15)6-8-19/h2-5,14H,6-7,9-12H2,1H3,(H,20,24)/t14-/m0/s1. The molecule has 1 aromatic carbocycles. The van der Waals surface area contributed by atoms with E-state index < -0.39 is 9.84 Å². The van der Waals surface area contributed by atoms with Crippen LogP contribution < -0.4 is 5.32 Å². The first-order valence-electron chi connectivity index (χ1n) is 8.83. The molecule has 1 saturated heterocycles. The molecular weight excluding hydrogens is 398 g/mol.